The Hall–Kier alpha value is -2.14. The number of carbonyl (C=O) groups is 1. The van der Waals surface area contributed by atoms with Gasteiger partial charge in [0.05, 0.1) is 7.11 Å². The second kappa shape index (κ2) is 6.54. The Balaban J connectivity index is 2.33. The zero-order valence-electron chi connectivity index (χ0n) is 11.8. The molecule has 2 rings (SSSR count). The van der Waals surface area contributed by atoms with Crippen LogP contribution in [0.1, 0.15) is 17.7 Å². The molecule has 1 heterocycles. The summed E-state index contributed by atoms with van der Waals surface area (Å²) in [6.07, 6.45) is 0.454. The van der Waals surface area contributed by atoms with Gasteiger partial charge in [0.25, 0.3) is 5.56 Å². The number of hydrogen-bond acceptors (Lipinski definition) is 4. The predicted octanol–water partition coefficient (Wildman–Crippen LogP) is 2.50. The number of carbonyl (C=O) groups excluding carboxylic acids is 1. The zero-order valence-corrected chi connectivity index (χ0v) is 12.5. The molecule has 0 unspecified atom stereocenters. The monoisotopic (exact) mass is 306 g/mol. The van der Waals surface area contributed by atoms with Crippen LogP contribution in [0.25, 0.3) is 11.4 Å². The van der Waals surface area contributed by atoms with E-state index in [1.807, 2.05) is 6.07 Å². The first kappa shape index (κ1) is 15.3. The molecular formula is C15H15ClN2O3. The molecular weight excluding hydrogens is 292 g/mol. The summed E-state index contributed by atoms with van der Waals surface area (Å²) < 4.78 is 4.57. The number of nitrogens with one attached hydrogen (secondary N) is 1. The number of halogens is 1. The van der Waals surface area contributed by atoms with Crippen LogP contribution in [-0.2, 0) is 16.0 Å². The van der Waals surface area contributed by atoms with E-state index in [9.17, 15) is 9.59 Å². The van der Waals surface area contributed by atoms with Gasteiger partial charge in [0.15, 0.2) is 0 Å². The van der Waals surface area contributed by atoms with Crippen LogP contribution in [0.5, 0.6) is 0 Å². The van der Waals surface area contributed by atoms with Crippen molar-refractivity contribution in [3.8, 4) is 11.4 Å². The van der Waals surface area contributed by atoms with E-state index in [1.54, 1.807) is 25.1 Å². The minimum Gasteiger partial charge on any atom is -0.469 e. The predicted molar refractivity (Wildman–Crippen MR) is 80.4 cm³/mol. The summed E-state index contributed by atoms with van der Waals surface area (Å²) in [7, 11) is 1.32. The SMILES string of the molecule is COC(=O)CCc1c(C)nc(-c2cccc(Cl)c2)[nH]c1=O. The van der Waals surface area contributed by atoms with E-state index >= 15 is 0 Å². The van der Waals surface area contributed by atoms with Crippen molar-refractivity contribution in [2.24, 2.45) is 0 Å². The molecule has 1 N–H and O–H groups in total. The third kappa shape index (κ3) is 3.70. The average Bonchev–Trinajstić information content (AvgIpc) is 2.45. The van der Waals surface area contributed by atoms with Gasteiger partial charge >= 0.3 is 5.97 Å². The molecule has 1 aromatic carbocycles. The molecule has 0 amide bonds. The van der Waals surface area contributed by atoms with E-state index in [0.29, 0.717) is 28.5 Å². The number of benzene rings is 1. The van der Waals surface area contributed by atoms with Crippen molar-refractivity contribution in [2.45, 2.75) is 19.8 Å². The van der Waals surface area contributed by atoms with E-state index in [2.05, 4.69) is 14.7 Å². The third-order valence-electron chi connectivity index (χ3n) is 3.13. The number of aryl methyl sites for hydroxylation is 1. The second-order valence-electron chi connectivity index (χ2n) is 4.56. The lowest BCUT2D eigenvalue weighted by Gasteiger charge is -2.07. The molecule has 0 bridgehead atoms. The number of nitrogens with zero attached hydrogens (tertiary/aromatic N) is 1. The number of aromatic nitrogens is 2. The van der Waals surface area contributed by atoms with Crippen molar-refractivity contribution in [2.75, 3.05) is 7.11 Å². The van der Waals surface area contributed by atoms with Gasteiger partial charge in [-0.1, -0.05) is 23.7 Å². The molecule has 0 atom stereocenters. The fraction of sp³-hybridized carbons (Fsp3) is 0.267. The van der Waals surface area contributed by atoms with Gasteiger partial charge in [-0.2, -0.15) is 0 Å². The van der Waals surface area contributed by atoms with Crippen molar-refractivity contribution >= 4 is 17.6 Å². The van der Waals surface area contributed by atoms with Crippen molar-refractivity contribution in [1.82, 2.24) is 9.97 Å². The average molecular weight is 307 g/mol. The topological polar surface area (TPSA) is 72.0 Å². The van der Waals surface area contributed by atoms with Gasteiger partial charge in [-0.15, -0.1) is 0 Å². The van der Waals surface area contributed by atoms with E-state index in [4.69, 9.17) is 11.6 Å². The minimum absolute atomic E-state index is 0.151. The molecule has 110 valence electrons. The number of hydrogen-bond donors (Lipinski definition) is 1. The fourth-order valence-electron chi connectivity index (χ4n) is 2.01. The van der Waals surface area contributed by atoms with Gasteiger partial charge in [0.2, 0.25) is 0 Å². The number of ether oxygens (including phenoxy) is 1. The summed E-state index contributed by atoms with van der Waals surface area (Å²) in [5, 5.41) is 0.572. The van der Waals surface area contributed by atoms with Crippen molar-refractivity contribution in [3.63, 3.8) is 0 Å². The number of rotatable bonds is 4. The van der Waals surface area contributed by atoms with Gasteiger partial charge in [0.1, 0.15) is 5.82 Å². The molecule has 1 aromatic heterocycles. The third-order valence-corrected chi connectivity index (χ3v) is 3.36. The lowest BCUT2D eigenvalue weighted by atomic mass is 10.1. The highest BCUT2D eigenvalue weighted by Crippen LogP contribution is 2.19. The highest BCUT2D eigenvalue weighted by molar-refractivity contribution is 6.30. The van der Waals surface area contributed by atoms with Crippen molar-refractivity contribution in [1.29, 1.82) is 0 Å². The first-order valence-electron chi connectivity index (χ1n) is 6.44. The number of aromatic amines is 1. The maximum absolute atomic E-state index is 12.1. The zero-order chi connectivity index (χ0) is 15.4. The van der Waals surface area contributed by atoms with Gasteiger partial charge in [-0.05, 0) is 25.5 Å². The maximum Gasteiger partial charge on any atom is 0.305 e. The largest absolute Gasteiger partial charge is 0.469 e. The molecule has 2 aromatic rings. The quantitative estimate of drug-likeness (QED) is 0.881. The van der Waals surface area contributed by atoms with Crippen LogP contribution in [-0.4, -0.2) is 23.0 Å². The van der Waals surface area contributed by atoms with E-state index in [1.165, 1.54) is 7.11 Å². The molecule has 21 heavy (non-hydrogen) atoms. The number of esters is 1. The standard InChI is InChI=1S/C15H15ClN2O3/c1-9-12(6-7-13(19)21-2)15(20)18-14(17-9)10-4-3-5-11(16)8-10/h3-5,8H,6-7H2,1-2H3,(H,17,18,20). The molecule has 0 saturated carbocycles. The molecule has 6 heteroatoms. The molecule has 0 aliphatic carbocycles. The fourth-order valence-corrected chi connectivity index (χ4v) is 2.20. The highest BCUT2D eigenvalue weighted by atomic mass is 35.5. The Morgan fingerprint density at radius 1 is 1.43 bits per heavy atom. The molecule has 0 aliphatic heterocycles. The number of methoxy groups -OCH3 is 1. The van der Waals surface area contributed by atoms with E-state index in [-0.39, 0.29) is 17.9 Å². The Morgan fingerprint density at radius 3 is 2.81 bits per heavy atom. The molecule has 0 spiro atoms. The Morgan fingerprint density at radius 2 is 2.19 bits per heavy atom. The van der Waals surface area contributed by atoms with Crippen LogP contribution in [0.4, 0.5) is 0 Å². The van der Waals surface area contributed by atoms with Crippen LogP contribution >= 0.6 is 11.6 Å². The van der Waals surface area contributed by atoms with Crippen molar-refractivity contribution in [3.05, 3.63) is 50.9 Å². The summed E-state index contributed by atoms with van der Waals surface area (Å²) in [5.41, 5.74) is 1.58. The van der Waals surface area contributed by atoms with E-state index in [0.717, 1.165) is 5.56 Å². The number of H-pyrrole nitrogens is 1. The van der Waals surface area contributed by atoms with Crippen LogP contribution in [0, 0.1) is 6.92 Å². The first-order valence-corrected chi connectivity index (χ1v) is 6.81. The normalized spacial score (nSPS) is 10.4. The lowest BCUT2D eigenvalue weighted by molar-refractivity contribution is -0.140. The first-order chi connectivity index (χ1) is 10.0. The smallest absolute Gasteiger partial charge is 0.305 e. The second-order valence-corrected chi connectivity index (χ2v) is 5.00. The van der Waals surface area contributed by atoms with Crippen LogP contribution in [0.3, 0.4) is 0 Å². The summed E-state index contributed by atoms with van der Waals surface area (Å²) in [6, 6.07) is 7.09. The van der Waals surface area contributed by atoms with Gasteiger partial charge < -0.3 is 9.72 Å². The van der Waals surface area contributed by atoms with Crippen LogP contribution in [0.2, 0.25) is 5.02 Å². The highest BCUT2D eigenvalue weighted by Gasteiger charge is 2.11. The maximum atomic E-state index is 12.1. The van der Waals surface area contributed by atoms with Crippen LogP contribution in [0.15, 0.2) is 29.1 Å². The Bertz CT molecular complexity index is 725. The molecule has 0 radical (unpaired) electrons. The molecule has 5 nitrogen and oxygen atoms in total. The molecule has 0 saturated heterocycles. The Labute approximate surface area is 126 Å². The lowest BCUT2D eigenvalue weighted by Crippen LogP contribution is -2.18. The Kier molecular flexibility index (Phi) is 4.75. The summed E-state index contributed by atoms with van der Waals surface area (Å²) >= 11 is 5.93. The summed E-state index contributed by atoms with van der Waals surface area (Å²) in [5.74, 6) is 0.106. The summed E-state index contributed by atoms with van der Waals surface area (Å²) in [6.45, 7) is 1.75. The molecule has 0 aliphatic rings. The molecule has 0 fully saturated rings. The van der Waals surface area contributed by atoms with E-state index < -0.39 is 0 Å². The summed E-state index contributed by atoms with van der Waals surface area (Å²) in [4.78, 5) is 30.4. The van der Waals surface area contributed by atoms with Gasteiger partial charge in [0, 0.05) is 28.3 Å². The van der Waals surface area contributed by atoms with Gasteiger partial charge in [-0.3, -0.25) is 9.59 Å². The van der Waals surface area contributed by atoms with Gasteiger partial charge in [-0.25, -0.2) is 4.98 Å². The minimum atomic E-state index is -0.354. The van der Waals surface area contributed by atoms with Crippen molar-refractivity contribution < 1.29 is 9.53 Å². The van der Waals surface area contributed by atoms with Crippen LogP contribution < -0.4 is 5.56 Å².